The molecule has 119 heavy (non-hydrogen) atoms. The maximum atomic E-state index is 15.1. The third kappa shape index (κ3) is 23.0. The van der Waals surface area contributed by atoms with Gasteiger partial charge in [-0.05, 0) is 145 Å². The number of halogens is 2. The standard InChI is InChI=1S/C44H45FN8O6S2.C42H41FN8O5S2/c1-57-29-59-43(56)42-39(13-7-25-58-37-16-15-30(26-34(37)45)8-6-19-51-21-23-52(24-22-51)41(55)14-5-18-47-50-46)61-44(49-42)53-20-17-31-9-4-10-32(33(31)28-53)36(54)27-40-48-35-11-2-3-12-38(35)60-40;43-32-25-28(7-5-18-49-20-22-50(23-21-49)39(53)13-4-17-45-48-44)14-15-35(32)56-24-6-12-37-40(41(54)55)47-42(58-37)51-19-16-29-8-3-9-30(31(29)27-51)34(52)26-38-46-33-10-1-2-11-36(33)57-38/h2-4,9-12,15-16,26H,5,7,13-14,17-25,27-29H2,1H3;1-3,8-11,14-15,25H,4,6,12-13,16-24,26-27H2,(H,54,55). The fourth-order valence-electron chi connectivity index (χ4n) is 14.3. The van der Waals surface area contributed by atoms with Crippen molar-refractivity contribution in [2.75, 3.05) is 129 Å². The molecule has 0 bridgehead atoms. The van der Waals surface area contributed by atoms with Gasteiger partial charge in [0.15, 0.2) is 63.1 Å². The monoisotopic (exact) mass is 1680 g/mol. The molecule has 4 aromatic heterocycles. The number of aryl methyl sites for hydroxylation is 2. The number of rotatable bonds is 32. The molecule has 33 heteroatoms. The number of aromatic nitrogens is 4. The minimum Gasteiger partial charge on any atom is -0.491 e. The number of carbonyl (C=O) groups is 6. The summed E-state index contributed by atoms with van der Waals surface area (Å²) in [7, 11) is 1.44. The van der Waals surface area contributed by atoms with Gasteiger partial charge in [-0.1, -0.05) is 94.6 Å². The van der Waals surface area contributed by atoms with Gasteiger partial charge in [0.05, 0.1) is 59.6 Å². The van der Waals surface area contributed by atoms with Crippen molar-refractivity contribution >= 4 is 111 Å². The van der Waals surface area contributed by atoms with E-state index in [2.05, 4.69) is 79.5 Å². The van der Waals surface area contributed by atoms with Crippen molar-refractivity contribution in [1.29, 1.82) is 0 Å². The third-order valence-corrected chi connectivity index (χ3v) is 24.9. The molecule has 0 aliphatic carbocycles. The van der Waals surface area contributed by atoms with Crippen molar-refractivity contribution in [3.05, 3.63) is 230 Å². The van der Waals surface area contributed by atoms with E-state index >= 15 is 4.39 Å². The van der Waals surface area contributed by atoms with E-state index < -0.39 is 23.6 Å². The number of benzene rings is 6. The van der Waals surface area contributed by atoms with E-state index in [9.17, 15) is 38.3 Å². The van der Waals surface area contributed by atoms with Crippen LogP contribution in [0.1, 0.15) is 133 Å². The zero-order valence-electron chi connectivity index (χ0n) is 65.5. The van der Waals surface area contributed by atoms with Crippen molar-refractivity contribution < 1.29 is 61.6 Å². The smallest absolute Gasteiger partial charge is 0.360 e. The van der Waals surface area contributed by atoms with E-state index in [4.69, 9.17) is 35.0 Å². The van der Waals surface area contributed by atoms with Crippen LogP contribution in [0.2, 0.25) is 0 Å². The molecule has 614 valence electrons. The molecule has 2 amide bonds. The van der Waals surface area contributed by atoms with Gasteiger partial charge in [-0.2, -0.15) is 0 Å². The zero-order valence-corrected chi connectivity index (χ0v) is 68.8. The SMILES string of the molecule is COCOC(=O)c1nc(N2CCc3cccc(C(=O)Cc4nc5ccccc5s4)c3C2)sc1CCCOc1ccc(C#CCN2CCN(C(=O)CCCN=[N+]=[N-])CC2)cc1F.[N-]=[N+]=NCCCC(=O)N1CCN(CC#Cc2ccc(OCCCc3sc(N4CCc5cccc(C(=O)Cc6nc7ccccc7s6)c5C4)nc3C(=O)O)c(F)c2)CC1. The van der Waals surface area contributed by atoms with Crippen LogP contribution in [0.5, 0.6) is 11.5 Å². The molecule has 0 unspecified atom stereocenters. The Hall–Kier alpha value is -11.7. The number of para-hydroxylation sites is 2. The first-order chi connectivity index (χ1) is 58.0. The number of piperazine rings is 2. The molecule has 10 aromatic rings. The van der Waals surface area contributed by atoms with Crippen LogP contribution in [0.15, 0.2) is 132 Å². The summed E-state index contributed by atoms with van der Waals surface area (Å²) >= 11 is 5.78. The average molecular weight is 1690 g/mol. The molecule has 8 heterocycles. The van der Waals surface area contributed by atoms with Crippen molar-refractivity contribution in [1.82, 2.24) is 39.5 Å². The number of carboxylic acids is 1. The summed E-state index contributed by atoms with van der Waals surface area (Å²) in [6.07, 6.45) is 5.39. The van der Waals surface area contributed by atoms with Crippen LogP contribution in [-0.4, -0.2) is 199 Å². The Morgan fingerprint density at radius 3 is 1.43 bits per heavy atom. The van der Waals surface area contributed by atoms with E-state index in [0.717, 1.165) is 52.7 Å². The normalized spacial score (nSPS) is 13.9. The van der Waals surface area contributed by atoms with E-state index in [-0.39, 0.29) is 79.1 Å². The highest BCUT2D eigenvalue weighted by molar-refractivity contribution is 7.19. The molecular formula is C86H86F2N16O11S4. The molecule has 0 saturated carbocycles. The van der Waals surface area contributed by atoms with E-state index in [1.165, 1.54) is 64.6 Å². The molecule has 0 atom stereocenters. The van der Waals surface area contributed by atoms with Gasteiger partial charge < -0.3 is 43.7 Å². The molecule has 0 spiro atoms. The Morgan fingerprint density at radius 2 is 0.992 bits per heavy atom. The second-order valence-corrected chi connectivity index (χ2v) is 32.8. The van der Waals surface area contributed by atoms with Crippen LogP contribution in [0.25, 0.3) is 41.3 Å². The Kier molecular flexibility index (Phi) is 30.1. The predicted molar refractivity (Wildman–Crippen MR) is 453 cm³/mol. The van der Waals surface area contributed by atoms with Crippen LogP contribution < -0.4 is 19.3 Å². The van der Waals surface area contributed by atoms with Gasteiger partial charge in [-0.3, -0.25) is 29.0 Å². The Bertz CT molecular complexity index is 5520. The highest BCUT2D eigenvalue weighted by Crippen LogP contribution is 2.37. The maximum Gasteiger partial charge on any atom is 0.360 e. The number of methoxy groups -OCH3 is 1. The largest absolute Gasteiger partial charge is 0.491 e. The van der Waals surface area contributed by atoms with Crippen LogP contribution in [0.3, 0.4) is 0 Å². The lowest BCUT2D eigenvalue weighted by Gasteiger charge is -2.33. The minimum atomic E-state index is -1.11. The molecule has 2 saturated heterocycles. The summed E-state index contributed by atoms with van der Waals surface area (Å²) in [4.78, 5) is 115. The number of ketones is 2. The van der Waals surface area contributed by atoms with E-state index in [1.807, 2.05) is 93.6 Å². The third-order valence-electron chi connectivity index (χ3n) is 20.5. The number of Topliss-reactive ketones (excluding diaryl/α,β-unsaturated/α-hetero) is 2. The average Bonchev–Trinajstić information content (AvgIpc) is 1.78. The molecule has 4 aliphatic rings. The van der Waals surface area contributed by atoms with E-state index in [1.54, 1.807) is 24.3 Å². The number of carbonyl (C=O) groups excluding carboxylic acids is 5. The molecule has 6 aromatic carbocycles. The fraction of sp³-hybridized carbons (Fsp3) is 0.372. The number of anilines is 2. The number of thiazole rings is 4. The first kappa shape index (κ1) is 85.2. The van der Waals surface area contributed by atoms with Gasteiger partial charge in [0.2, 0.25) is 11.8 Å². The number of carboxylic acid groups (broad SMARTS) is 1. The highest BCUT2D eigenvalue weighted by Gasteiger charge is 2.31. The van der Waals surface area contributed by atoms with Gasteiger partial charge in [-0.25, -0.2) is 38.3 Å². The Balaban J connectivity index is 0.000000206. The van der Waals surface area contributed by atoms with Crippen molar-refractivity contribution in [2.45, 2.75) is 90.1 Å². The topological polar surface area (TPSA) is 328 Å². The molecular weight excluding hydrogens is 1600 g/mol. The van der Waals surface area contributed by atoms with Gasteiger partial charge in [0, 0.05) is 153 Å². The first-order valence-corrected chi connectivity index (χ1v) is 42.5. The van der Waals surface area contributed by atoms with Gasteiger partial charge in [-0.15, -0.1) is 45.3 Å². The summed E-state index contributed by atoms with van der Waals surface area (Å²) in [6.45, 7) is 9.17. The molecule has 2 fully saturated rings. The molecule has 27 nitrogen and oxygen atoms in total. The Labute approximate surface area is 701 Å². The quantitative estimate of drug-likeness (QED) is 0.00598. The summed E-state index contributed by atoms with van der Waals surface area (Å²) in [5, 5.41) is 19.7. The van der Waals surface area contributed by atoms with Gasteiger partial charge >= 0.3 is 11.9 Å². The van der Waals surface area contributed by atoms with Crippen LogP contribution >= 0.6 is 45.3 Å². The Morgan fingerprint density at radius 1 is 0.538 bits per heavy atom. The fourth-order valence-corrected chi connectivity index (χ4v) is 18.5. The van der Waals surface area contributed by atoms with Gasteiger partial charge in [0.1, 0.15) is 10.0 Å². The number of amides is 2. The number of esters is 1. The molecule has 0 radical (unpaired) electrons. The minimum absolute atomic E-state index is 0.00232. The number of hydrogen-bond acceptors (Lipinski definition) is 24. The second kappa shape index (κ2) is 42.1. The molecule has 4 aliphatic heterocycles. The summed E-state index contributed by atoms with van der Waals surface area (Å²) < 4.78 is 54.0. The second-order valence-electron chi connectivity index (χ2n) is 28.5. The predicted octanol–water partition coefficient (Wildman–Crippen LogP) is 14.4. The lowest BCUT2D eigenvalue weighted by Crippen LogP contribution is -2.48. The van der Waals surface area contributed by atoms with Gasteiger partial charge in [0.25, 0.3) is 0 Å². The van der Waals surface area contributed by atoms with Crippen LogP contribution in [0, 0.1) is 35.3 Å². The van der Waals surface area contributed by atoms with Crippen molar-refractivity contribution in [3.63, 3.8) is 0 Å². The van der Waals surface area contributed by atoms with Crippen molar-refractivity contribution in [2.24, 2.45) is 10.2 Å². The number of nitrogens with zero attached hydrogens (tertiary/aromatic N) is 16. The summed E-state index contributed by atoms with van der Waals surface area (Å²) in [6, 6.07) is 36.6. The summed E-state index contributed by atoms with van der Waals surface area (Å²) in [5.74, 6) is 9.79. The van der Waals surface area contributed by atoms with E-state index in [0.29, 0.717) is 211 Å². The molecule has 14 rings (SSSR count). The zero-order chi connectivity index (χ0) is 83.0. The highest BCUT2D eigenvalue weighted by atomic mass is 32.1. The van der Waals surface area contributed by atoms with Crippen LogP contribution in [-0.2, 0) is 70.7 Å². The first-order valence-electron chi connectivity index (χ1n) is 39.2. The number of aromatic carboxylic acids is 1. The number of hydrogen-bond donors (Lipinski definition) is 1. The van der Waals surface area contributed by atoms with Crippen LogP contribution in [0.4, 0.5) is 19.0 Å². The lowest BCUT2D eigenvalue weighted by atomic mass is 9.92. The summed E-state index contributed by atoms with van der Waals surface area (Å²) in [5.41, 5.74) is 25.2. The van der Waals surface area contributed by atoms with Crippen molar-refractivity contribution in [3.8, 4) is 35.2 Å². The number of fused-ring (bicyclic) bond motifs is 4. The number of ether oxygens (including phenoxy) is 4. The lowest BCUT2D eigenvalue weighted by molar-refractivity contribution is -0.133. The number of azide groups is 2. The maximum absolute atomic E-state index is 15.1. The molecule has 1 N–H and O–H groups in total.